The van der Waals surface area contributed by atoms with Crippen LogP contribution in [0.1, 0.15) is 29.6 Å². The van der Waals surface area contributed by atoms with E-state index in [0.717, 1.165) is 6.42 Å². The lowest BCUT2D eigenvalue weighted by atomic mass is 10.1. The number of carbonyl (C=O) groups is 1. The SMILES string of the molecule is COC1CCC(NC(=O)c2cc(F)c([N+](=O)[O-])cc2F)C1. The van der Waals surface area contributed by atoms with Gasteiger partial charge in [0.2, 0.25) is 5.82 Å². The van der Waals surface area contributed by atoms with Crippen molar-refractivity contribution in [1.82, 2.24) is 5.32 Å². The number of hydrogen-bond donors (Lipinski definition) is 1. The molecular weight excluding hydrogens is 286 g/mol. The van der Waals surface area contributed by atoms with Crippen molar-refractivity contribution in [3.05, 3.63) is 39.4 Å². The number of nitro groups is 1. The number of nitro benzene ring substituents is 1. The van der Waals surface area contributed by atoms with Gasteiger partial charge in [0.1, 0.15) is 5.82 Å². The van der Waals surface area contributed by atoms with Crippen LogP contribution in [0.15, 0.2) is 12.1 Å². The third-order valence-electron chi connectivity index (χ3n) is 3.53. The van der Waals surface area contributed by atoms with Crippen LogP contribution in [0.5, 0.6) is 0 Å². The van der Waals surface area contributed by atoms with Crippen molar-refractivity contribution in [1.29, 1.82) is 0 Å². The first-order valence-electron chi connectivity index (χ1n) is 6.39. The molecule has 0 radical (unpaired) electrons. The van der Waals surface area contributed by atoms with Gasteiger partial charge in [-0.25, -0.2) is 4.39 Å². The molecule has 1 aromatic rings. The van der Waals surface area contributed by atoms with Gasteiger partial charge < -0.3 is 10.1 Å². The van der Waals surface area contributed by atoms with Crippen LogP contribution in [0, 0.1) is 21.7 Å². The number of rotatable bonds is 4. The van der Waals surface area contributed by atoms with E-state index in [9.17, 15) is 23.7 Å². The number of carbonyl (C=O) groups excluding carboxylic acids is 1. The first-order valence-corrected chi connectivity index (χ1v) is 6.39. The van der Waals surface area contributed by atoms with Gasteiger partial charge in [-0.05, 0) is 25.3 Å². The molecule has 21 heavy (non-hydrogen) atoms. The predicted octanol–water partition coefficient (Wildman–Crippen LogP) is 2.17. The molecule has 1 aliphatic rings. The van der Waals surface area contributed by atoms with E-state index in [0.29, 0.717) is 25.0 Å². The van der Waals surface area contributed by atoms with Gasteiger partial charge in [-0.3, -0.25) is 14.9 Å². The Labute approximate surface area is 119 Å². The van der Waals surface area contributed by atoms with Crippen molar-refractivity contribution in [2.24, 2.45) is 0 Å². The van der Waals surface area contributed by atoms with E-state index in [1.165, 1.54) is 0 Å². The zero-order valence-electron chi connectivity index (χ0n) is 11.3. The Hall–Kier alpha value is -2.09. The third kappa shape index (κ3) is 3.33. The Morgan fingerprint density at radius 1 is 1.38 bits per heavy atom. The summed E-state index contributed by atoms with van der Waals surface area (Å²) >= 11 is 0. The number of amides is 1. The van der Waals surface area contributed by atoms with Crippen molar-refractivity contribution < 1.29 is 23.2 Å². The molecule has 2 unspecified atom stereocenters. The number of benzene rings is 1. The summed E-state index contributed by atoms with van der Waals surface area (Å²) in [6, 6.07) is 0.780. The molecular formula is C13H14F2N2O4. The molecule has 1 saturated carbocycles. The largest absolute Gasteiger partial charge is 0.381 e. The molecule has 1 aliphatic carbocycles. The highest BCUT2D eigenvalue weighted by Gasteiger charge is 2.28. The summed E-state index contributed by atoms with van der Waals surface area (Å²) in [6.45, 7) is 0. The van der Waals surface area contributed by atoms with E-state index in [4.69, 9.17) is 4.74 Å². The quantitative estimate of drug-likeness (QED) is 0.682. The van der Waals surface area contributed by atoms with E-state index in [-0.39, 0.29) is 12.1 Å². The van der Waals surface area contributed by atoms with Gasteiger partial charge in [0.25, 0.3) is 5.91 Å². The second-order valence-corrected chi connectivity index (χ2v) is 4.88. The molecule has 2 atom stereocenters. The van der Waals surface area contributed by atoms with Crippen LogP contribution in [-0.2, 0) is 4.74 Å². The molecule has 1 aromatic carbocycles. The highest BCUT2D eigenvalue weighted by Crippen LogP contribution is 2.24. The fourth-order valence-electron chi connectivity index (χ4n) is 2.40. The minimum atomic E-state index is -1.24. The van der Waals surface area contributed by atoms with Crippen LogP contribution in [0.25, 0.3) is 0 Å². The predicted molar refractivity (Wildman–Crippen MR) is 68.9 cm³/mol. The Morgan fingerprint density at radius 3 is 2.67 bits per heavy atom. The summed E-state index contributed by atoms with van der Waals surface area (Å²) in [5.74, 6) is -3.15. The topological polar surface area (TPSA) is 81.5 Å². The van der Waals surface area contributed by atoms with Gasteiger partial charge in [-0.2, -0.15) is 4.39 Å². The molecule has 0 saturated heterocycles. The first-order chi connectivity index (χ1) is 9.92. The van der Waals surface area contributed by atoms with Crippen molar-refractivity contribution in [3.63, 3.8) is 0 Å². The standard InChI is InChI=1S/C13H14F2N2O4/c1-21-8-3-2-7(4-8)16-13(18)9-5-11(15)12(17(19)20)6-10(9)14/h5-8H,2-4H2,1H3,(H,16,18). The van der Waals surface area contributed by atoms with Crippen LogP contribution in [0.3, 0.4) is 0 Å². The smallest absolute Gasteiger partial charge is 0.307 e. The van der Waals surface area contributed by atoms with Gasteiger partial charge in [-0.1, -0.05) is 0 Å². The summed E-state index contributed by atoms with van der Waals surface area (Å²) in [5, 5.41) is 13.1. The molecule has 8 heteroatoms. The van der Waals surface area contributed by atoms with Gasteiger partial charge in [0, 0.05) is 13.2 Å². The van der Waals surface area contributed by atoms with Crippen molar-refractivity contribution in [2.45, 2.75) is 31.4 Å². The fourth-order valence-corrected chi connectivity index (χ4v) is 2.40. The first kappa shape index (κ1) is 15.3. The normalized spacial score (nSPS) is 21.3. The molecule has 6 nitrogen and oxygen atoms in total. The average Bonchev–Trinajstić information content (AvgIpc) is 2.88. The molecule has 1 N–H and O–H groups in total. The van der Waals surface area contributed by atoms with Gasteiger partial charge in [-0.15, -0.1) is 0 Å². The molecule has 0 aromatic heterocycles. The molecule has 0 aliphatic heterocycles. The van der Waals surface area contributed by atoms with Crippen LogP contribution in [-0.4, -0.2) is 30.1 Å². The lowest BCUT2D eigenvalue weighted by Crippen LogP contribution is -2.34. The number of nitrogens with zero attached hydrogens (tertiary/aromatic N) is 1. The Morgan fingerprint density at radius 2 is 2.10 bits per heavy atom. The monoisotopic (exact) mass is 300 g/mol. The summed E-state index contributed by atoms with van der Waals surface area (Å²) in [5.41, 5.74) is -1.54. The number of ether oxygens (including phenoxy) is 1. The molecule has 114 valence electrons. The highest BCUT2D eigenvalue weighted by atomic mass is 19.1. The zero-order valence-corrected chi connectivity index (χ0v) is 11.3. The lowest BCUT2D eigenvalue weighted by Gasteiger charge is -2.13. The highest BCUT2D eigenvalue weighted by molar-refractivity contribution is 5.95. The minimum absolute atomic E-state index is 0.0359. The van der Waals surface area contributed by atoms with Crippen LogP contribution >= 0.6 is 0 Å². The van der Waals surface area contributed by atoms with Crippen molar-refractivity contribution in [2.75, 3.05) is 7.11 Å². The molecule has 1 fully saturated rings. The molecule has 2 rings (SSSR count). The van der Waals surface area contributed by atoms with Crippen LogP contribution in [0.2, 0.25) is 0 Å². The average molecular weight is 300 g/mol. The number of methoxy groups -OCH3 is 1. The van der Waals surface area contributed by atoms with Crippen LogP contribution in [0.4, 0.5) is 14.5 Å². The maximum absolute atomic E-state index is 13.7. The fraction of sp³-hybridized carbons (Fsp3) is 0.462. The molecule has 1 amide bonds. The summed E-state index contributed by atoms with van der Waals surface area (Å²) < 4.78 is 32.3. The molecule has 0 heterocycles. The number of hydrogen-bond acceptors (Lipinski definition) is 4. The van der Waals surface area contributed by atoms with Gasteiger partial charge >= 0.3 is 5.69 Å². The molecule has 0 spiro atoms. The molecule has 0 bridgehead atoms. The maximum Gasteiger partial charge on any atom is 0.307 e. The maximum atomic E-state index is 13.7. The Kier molecular flexibility index (Phi) is 4.46. The lowest BCUT2D eigenvalue weighted by molar-refractivity contribution is -0.387. The zero-order chi connectivity index (χ0) is 15.6. The Bertz CT molecular complexity index is 580. The van der Waals surface area contributed by atoms with Crippen LogP contribution < -0.4 is 5.32 Å². The summed E-state index contributed by atoms with van der Waals surface area (Å²) in [4.78, 5) is 21.4. The van der Waals surface area contributed by atoms with Gasteiger partial charge in [0.15, 0.2) is 0 Å². The summed E-state index contributed by atoms with van der Waals surface area (Å²) in [7, 11) is 1.57. The van der Waals surface area contributed by atoms with Crippen molar-refractivity contribution in [3.8, 4) is 0 Å². The van der Waals surface area contributed by atoms with E-state index in [2.05, 4.69) is 5.32 Å². The number of nitrogens with one attached hydrogen (secondary N) is 1. The second-order valence-electron chi connectivity index (χ2n) is 4.88. The van der Waals surface area contributed by atoms with E-state index in [1.54, 1.807) is 7.11 Å². The minimum Gasteiger partial charge on any atom is -0.381 e. The Balaban J connectivity index is 2.13. The second kappa shape index (κ2) is 6.13. The van der Waals surface area contributed by atoms with E-state index >= 15 is 0 Å². The van der Waals surface area contributed by atoms with Gasteiger partial charge in [0.05, 0.1) is 22.7 Å². The van der Waals surface area contributed by atoms with E-state index in [1.807, 2.05) is 0 Å². The summed E-state index contributed by atoms with van der Waals surface area (Å²) in [6.07, 6.45) is 2.09. The number of halogens is 2. The third-order valence-corrected chi connectivity index (χ3v) is 3.53. The van der Waals surface area contributed by atoms with Crippen molar-refractivity contribution >= 4 is 11.6 Å². The van der Waals surface area contributed by atoms with E-state index < -0.39 is 33.7 Å².